The van der Waals surface area contributed by atoms with Gasteiger partial charge in [0.05, 0.1) is 0 Å². The van der Waals surface area contributed by atoms with Crippen LogP contribution in [0.15, 0.2) is 36.4 Å². The van der Waals surface area contributed by atoms with Crippen molar-refractivity contribution in [1.29, 1.82) is 0 Å². The van der Waals surface area contributed by atoms with Gasteiger partial charge in [0.15, 0.2) is 0 Å². The molecule has 2 aromatic carbocycles. The molecule has 0 spiro atoms. The molecule has 0 radical (unpaired) electrons. The molecule has 0 unspecified atom stereocenters. The molecule has 0 aliphatic carbocycles. The van der Waals surface area contributed by atoms with Crippen LogP contribution >= 0.6 is 0 Å². The van der Waals surface area contributed by atoms with Crippen molar-refractivity contribution in [2.45, 2.75) is 0 Å². The van der Waals surface area contributed by atoms with Crippen LogP contribution in [0.5, 0.6) is 0 Å². The third-order valence-electron chi connectivity index (χ3n) is 2.91. The summed E-state index contributed by atoms with van der Waals surface area (Å²) in [5, 5.41) is 5.69. The quantitative estimate of drug-likeness (QED) is 0.489. The van der Waals surface area contributed by atoms with E-state index in [0.29, 0.717) is 0 Å². The predicted octanol–water partition coefficient (Wildman–Crippen LogP) is -0.698. The van der Waals surface area contributed by atoms with Crippen molar-refractivity contribution < 1.29 is 0 Å². The van der Waals surface area contributed by atoms with E-state index >= 15 is 0 Å². The van der Waals surface area contributed by atoms with Gasteiger partial charge in [-0.25, -0.2) is 0 Å². The van der Waals surface area contributed by atoms with Gasteiger partial charge in [-0.2, -0.15) is 0 Å². The van der Waals surface area contributed by atoms with E-state index in [-0.39, 0.29) is 0 Å². The van der Waals surface area contributed by atoms with E-state index in [2.05, 4.69) is 41.4 Å². The standard InChI is InChI=1S/C12H13NSi2/c14-7-1-3-11-9(5-7)10-6-8(15)2-4-12(10)13-11/h1-6,13H,14-15H3. The minimum absolute atomic E-state index is 1.12. The SMILES string of the molecule is [SiH3]c1ccc2[nH]c3ccc([SiH3])cc3c2c1. The van der Waals surface area contributed by atoms with E-state index < -0.39 is 0 Å². The van der Waals surface area contributed by atoms with Gasteiger partial charge in [-0.3, -0.25) is 0 Å². The Morgan fingerprint density at radius 2 is 1.20 bits per heavy atom. The van der Waals surface area contributed by atoms with Crippen LogP contribution in [0.2, 0.25) is 0 Å². The zero-order chi connectivity index (χ0) is 10.4. The van der Waals surface area contributed by atoms with Gasteiger partial charge < -0.3 is 4.98 Å². The smallest absolute Gasteiger partial charge is 0.0464 e. The molecule has 0 fully saturated rings. The Morgan fingerprint density at radius 1 is 0.733 bits per heavy atom. The first-order chi connectivity index (χ1) is 7.24. The maximum atomic E-state index is 3.46. The van der Waals surface area contributed by atoms with Crippen LogP contribution in [0.4, 0.5) is 0 Å². The molecular formula is C12H13NSi2. The molecule has 1 aromatic heterocycles. The molecule has 0 atom stereocenters. The van der Waals surface area contributed by atoms with E-state index in [9.17, 15) is 0 Å². The third kappa shape index (κ3) is 1.35. The number of aromatic nitrogens is 1. The summed E-state index contributed by atoms with van der Waals surface area (Å²) in [5.41, 5.74) is 2.52. The first-order valence-electron chi connectivity index (χ1n) is 5.23. The average molecular weight is 227 g/mol. The monoisotopic (exact) mass is 227 g/mol. The summed E-state index contributed by atoms with van der Waals surface area (Å²) < 4.78 is 0. The molecule has 3 aromatic rings. The third-order valence-corrected chi connectivity index (χ3v) is 4.15. The van der Waals surface area contributed by atoms with Crippen molar-refractivity contribution in [1.82, 2.24) is 4.98 Å². The number of rotatable bonds is 0. The topological polar surface area (TPSA) is 15.8 Å². The summed E-state index contributed by atoms with van der Waals surface area (Å²) in [5.74, 6) is 0. The second-order valence-corrected chi connectivity index (χ2v) is 6.53. The Balaban J connectivity index is 2.55. The second kappa shape index (κ2) is 3.08. The highest BCUT2D eigenvalue weighted by molar-refractivity contribution is 6.35. The molecule has 1 heterocycles. The van der Waals surface area contributed by atoms with Crippen LogP contribution in [-0.4, -0.2) is 25.5 Å². The molecule has 74 valence electrons. The summed E-state index contributed by atoms with van der Waals surface area (Å²) in [4.78, 5) is 3.46. The number of nitrogens with one attached hydrogen (secondary N) is 1. The molecule has 1 N–H and O–H groups in total. The average Bonchev–Trinajstić information content (AvgIpc) is 2.56. The van der Waals surface area contributed by atoms with Gasteiger partial charge in [0.25, 0.3) is 0 Å². The molecule has 0 saturated carbocycles. The molecule has 0 amide bonds. The van der Waals surface area contributed by atoms with Crippen LogP contribution in [0, 0.1) is 0 Å². The fraction of sp³-hybridized carbons (Fsp3) is 0. The second-order valence-electron chi connectivity index (χ2n) is 4.22. The van der Waals surface area contributed by atoms with Crippen LogP contribution in [-0.2, 0) is 0 Å². The van der Waals surface area contributed by atoms with Gasteiger partial charge in [0.1, 0.15) is 0 Å². The number of hydrogen-bond donors (Lipinski definition) is 1. The van der Waals surface area contributed by atoms with Gasteiger partial charge in [-0.1, -0.05) is 34.6 Å². The number of hydrogen-bond acceptors (Lipinski definition) is 0. The van der Waals surface area contributed by atoms with Gasteiger partial charge in [0, 0.05) is 42.3 Å². The summed E-state index contributed by atoms with van der Waals surface area (Å²) in [7, 11) is 2.25. The Kier molecular flexibility index (Phi) is 1.84. The zero-order valence-corrected chi connectivity index (χ0v) is 13.0. The summed E-state index contributed by atoms with van der Waals surface area (Å²) in [6.45, 7) is 0. The van der Waals surface area contributed by atoms with E-state index in [1.165, 1.54) is 32.2 Å². The van der Waals surface area contributed by atoms with E-state index in [1.54, 1.807) is 0 Å². The lowest BCUT2D eigenvalue weighted by Gasteiger charge is -1.94. The number of benzene rings is 2. The number of H-pyrrole nitrogens is 1. The number of fused-ring (bicyclic) bond motifs is 3. The lowest BCUT2D eigenvalue weighted by Crippen LogP contribution is -2.00. The molecule has 3 heteroatoms. The zero-order valence-electron chi connectivity index (χ0n) is 8.96. The highest BCUT2D eigenvalue weighted by Gasteiger charge is 2.03. The van der Waals surface area contributed by atoms with Crippen molar-refractivity contribution in [2.24, 2.45) is 0 Å². The summed E-state index contributed by atoms with van der Waals surface area (Å²) >= 11 is 0. The van der Waals surface area contributed by atoms with E-state index in [0.717, 1.165) is 20.5 Å². The molecule has 0 aliphatic rings. The van der Waals surface area contributed by atoms with Crippen LogP contribution < -0.4 is 10.4 Å². The van der Waals surface area contributed by atoms with Crippen molar-refractivity contribution in [3.63, 3.8) is 0 Å². The predicted molar refractivity (Wildman–Crippen MR) is 75.0 cm³/mol. The minimum atomic E-state index is 1.12. The van der Waals surface area contributed by atoms with E-state index in [1.807, 2.05) is 0 Å². The lowest BCUT2D eigenvalue weighted by atomic mass is 10.1. The largest absolute Gasteiger partial charge is 0.355 e. The Labute approximate surface area is 94.3 Å². The molecule has 1 nitrogen and oxygen atoms in total. The van der Waals surface area contributed by atoms with Crippen molar-refractivity contribution >= 4 is 52.7 Å². The molecular weight excluding hydrogens is 214 g/mol. The van der Waals surface area contributed by atoms with Gasteiger partial charge in [-0.05, 0) is 12.1 Å². The lowest BCUT2D eigenvalue weighted by molar-refractivity contribution is 1.55. The molecule has 0 aliphatic heterocycles. The van der Waals surface area contributed by atoms with Gasteiger partial charge in [-0.15, -0.1) is 0 Å². The highest BCUT2D eigenvalue weighted by atomic mass is 28.1. The Bertz CT molecular complexity index is 599. The van der Waals surface area contributed by atoms with Gasteiger partial charge >= 0.3 is 0 Å². The first-order valence-corrected chi connectivity index (χ1v) is 7.23. The summed E-state index contributed by atoms with van der Waals surface area (Å²) in [6.07, 6.45) is 0. The van der Waals surface area contributed by atoms with Crippen LogP contribution in [0.3, 0.4) is 0 Å². The molecule has 15 heavy (non-hydrogen) atoms. The summed E-state index contributed by atoms with van der Waals surface area (Å²) in [6, 6.07) is 13.5. The number of aromatic amines is 1. The van der Waals surface area contributed by atoms with Crippen molar-refractivity contribution in [2.75, 3.05) is 0 Å². The fourth-order valence-corrected chi connectivity index (χ4v) is 3.04. The fourth-order valence-electron chi connectivity index (χ4n) is 2.12. The first kappa shape index (κ1) is 8.94. The van der Waals surface area contributed by atoms with Gasteiger partial charge in [0.2, 0.25) is 0 Å². The van der Waals surface area contributed by atoms with Crippen LogP contribution in [0.25, 0.3) is 21.8 Å². The Morgan fingerprint density at radius 3 is 1.67 bits per heavy atom. The maximum absolute atomic E-state index is 3.46. The molecule has 3 rings (SSSR count). The molecule has 0 bridgehead atoms. The van der Waals surface area contributed by atoms with E-state index in [4.69, 9.17) is 0 Å². The normalized spacial score (nSPS) is 11.7. The minimum Gasteiger partial charge on any atom is -0.355 e. The van der Waals surface area contributed by atoms with Crippen molar-refractivity contribution in [3.8, 4) is 0 Å². The van der Waals surface area contributed by atoms with Crippen LogP contribution in [0.1, 0.15) is 0 Å². The highest BCUT2D eigenvalue weighted by Crippen LogP contribution is 2.22. The Hall–Kier alpha value is -1.33. The molecule has 0 saturated heterocycles. The maximum Gasteiger partial charge on any atom is 0.0464 e. The van der Waals surface area contributed by atoms with Crippen molar-refractivity contribution in [3.05, 3.63) is 36.4 Å².